The Balaban J connectivity index is 2.11. The zero-order valence-corrected chi connectivity index (χ0v) is 15.9. The lowest BCUT2D eigenvalue weighted by molar-refractivity contribution is -0.158. The molecule has 7 nitrogen and oxygen atoms in total. The van der Waals surface area contributed by atoms with Crippen molar-refractivity contribution < 1.29 is 23.9 Å². The number of carbonyl (C=O) groups is 4. The van der Waals surface area contributed by atoms with Crippen LogP contribution in [0.15, 0.2) is 18.2 Å². The van der Waals surface area contributed by atoms with Crippen molar-refractivity contribution in [2.45, 2.75) is 59.2 Å². The van der Waals surface area contributed by atoms with Crippen LogP contribution in [0.3, 0.4) is 0 Å². The lowest BCUT2D eigenvalue weighted by Crippen LogP contribution is -2.49. The van der Waals surface area contributed by atoms with Gasteiger partial charge in [0.2, 0.25) is 0 Å². The normalized spacial score (nSPS) is 16.2. The first-order valence-electron chi connectivity index (χ1n) is 8.43. The maximum Gasteiger partial charge on any atom is 0.329 e. The molecule has 1 heterocycles. The van der Waals surface area contributed by atoms with E-state index in [1.54, 1.807) is 18.2 Å². The summed E-state index contributed by atoms with van der Waals surface area (Å²) in [5, 5.41) is 2.71. The number of ether oxygens (including phenoxy) is 1. The van der Waals surface area contributed by atoms with E-state index in [4.69, 9.17) is 4.74 Å². The molecule has 26 heavy (non-hydrogen) atoms. The molecule has 3 amide bonds. The number of nitrogens with zero attached hydrogens (tertiary/aromatic N) is 1. The maximum absolute atomic E-state index is 12.5. The molecule has 2 atom stereocenters. The van der Waals surface area contributed by atoms with Gasteiger partial charge < -0.3 is 10.1 Å². The minimum atomic E-state index is -1.13. The maximum atomic E-state index is 12.5. The Hall–Kier alpha value is -2.70. The minimum Gasteiger partial charge on any atom is -0.451 e. The monoisotopic (exact) mass is 360 g/mol. The van der Waals surface area contributed by atoms with E-state index in [1.165, 1.54) is 13.8 Å². The zero-order valence-electron chi connectivity index (χ0n) is 15.9. The van der Waals surface area contributed by atoms with Crippen molar-refractivity contribution in [2.75, 3.05) is 0 Å². The minimum absolute atomic E-state index is 0.263. The van der Waals surface area contributed by atoms with Crippen molar-refractivity contribution >= 4 is 23.7 Å². The summed E-state index contributed by atoms with van der Waals surface area (Å²) in [7, 11) is 0. The molecule has 2 unspecified atom stereocenters. The quantitative estimate of drug-likeness (QED) is 0.653. The van der Waals surface area contributed by atoms with Crippen molar-refractivity contribution in [2.24, 2.45) is 0 Å². The molecule has 0 spiro atoms. The molecule has 1 aromatic carbocycles. The highest BCUT2D eigenvalue weighted by molar-refractivity contribution is 6.22. The number of hydrogen-bond acceptors (Lipinski definition) is 5. The van der Waals surface area contributed by atoms with Crippen LogP contribution in [-0.4, -0.2) is 46.3 Å². The van der Waals surface area contributed by atoms with Crippen LogP contribution in [0.2, 0.25) is 0 Å². The van der Waals surface area contributed by atoms with E-state index in [1.807, 2.05) is 27.7 Å². The van der Waals surface area contributed by atoms with Gasteiger partial charge in [-0.15, -0.1) is 0 Å². The number of fused-ring (bicyclic) bond motifs is 1. The number of imide groups is 1. The van der Waals surface area contributed by atoms with Crippen LogP contribution in [0, 0.1) is 6.92 Å². The summed E-state index contributed by atoms with van der Waals surface area (Å²) in [5.74, 6) is -2.34. The van der Waals surface area contributed by atoms with Crippen molar-refractivity contribution in [1.29, 1.82) is 0 Å². The SMILES string of the molecule is Cc1ccc2c(c1)C(=O)N(C(C)C(=O)OC(C)C(=O)NC(C)(C)C)C2=O. The number of benzene rings is 1. The van der Waals surface area contributed by atoms with E-state index in [-0.39, 0.29) is 11.1 Å². The van der Waals surface area contributed by atoms with Crippen LogP contribution in [0.1, 0.15) is 60.9 Å². The Morgan fingerprint density at radius 1 is 1.08 bits per heavy atom. The number of amides is 3. The predicted octanol–water partition coefficient (Wildman–Crippen LogP) is 1.83. The van der Waals surface area contributed by atoms with Crippen molar-refractivity contribution in [3.05, 3.63) is 34.9 Å². The molecule has 1 aliphatic heterocycles. The summed E-state index contributed by atoms with van der Waals surface area (Å²) in [4.78, 5) is 50.3. The number of hydrogen-bond donors (Lipinski definition) is 1. The highest BCUT2D eigenvalue weighted by atomic mass is 16.5. The molecule has 1 aliphatic rings. The van der Waals surface area contributed by atoms with Gasteiger partial charge in [-0.25, -0.2) is 4.79 Å². The van der Waals surface area contributed by atoms with Crippen LogP contribution in [0.25, 0.3) is 0 Å². The van der Waals surface area contributed by atoms with E-state index in [9.17, 15) is 19.2 Å². The Kier molecular flexibility index (Phi) is 5.21. The van der Waals surface area contributed by atoms with E-state index >= 15 is 0 Å². The van der Waals surface area contributed by atoms with Crippen molar-refractivity contribution in [3.63, 3.8) is 0 Å². The molecule has 1 aromatic rings. The molecule has 0 saturated carbocycles. The van der Waals surface area contributed by atoms with Crippen LogP contribution in [0.4, 0.5) is 0 Å². The van der Waals surface area contributed by atoms with Crippen molar-refractivity contribution in [3.8, 4) is 0 Å². The van der Waals surface area contributed by atoms with Gasteiger partial charge in [0.15, 0.2) is 6.10 Å². The molecule has 7 heteroatoms. The second kappa shape index (κ2) is 6.90. The number of esters is 1. The van der Waals surface area contributed by atoms with Crippen LogP contribution in [-0.2, 0) is 14.3 Å². The lowest BCUT2D eigenvalue weighted by Gasteiger charge is -2.25. The van der Waals surface area contributed by atoms with Gasteiger partial charge in [0, 0.05) is 5.54 Å². The van der Waals surface area contributed by atoms with Gasteiger partial charge in [0.05, 0.1) is 11.1 Å². The number of carbonyl (C=O) groups excluding carboxylic acids is 4. The molecule has 0 fully saturated rings. The third kappa shape index (κ3) is 3.92. The van der Waals surface area contributed by atoms with Gasteiger partial charge in [0.1, 0.15) is 6.04 Å². The zero-order chi connectivity index (χ0) is 19.8. The summed E-state index contributed by atoms with van der Waals surface area (Å²) in [6.45, 7) is 10.1. The fourth-order valence-corrected chi connectivity index (χ4v) is 2.63. The first-order valence-corrected chi connectivity index (χ1v) is 8.43. The summed E-state index contributed by atoms with van der Waals surface area (Å²) in [5.41, 5.74) is 0.908. The van der Waals surface area contributed by atoms with Crippen LogP contribution >= 0.6 is 0 Å². The van der Waals surface area contributed by atoms with E-state index in [0.717, 1.165) is 10.5 Å². The van der Waals surface area contributed by atoms with Crippen molar-refractivity contribution in [1.82, 2.24) is 10.2 Å². The van der Waals surface area contributed by atoms with E-state index in [0.29, 0.717) is 0 Å². The average molecular weight is 360 g/mol. The predicted molar refractivity (Wildman–Crippen MR) is 94.6 cm³/mol. The Morgan fingerprint density at radius 2 is 1.65 bits per heavy atom. The first-order chi connectivity index (χ1) is 11.9. The average Bonchev–Trinajstić information content (AvgIpc) is 2.75. The highest BCUT2D eigenvalue weighted by Crippen LogP contribution is 2.26. The van der Waals surface area contributed by atoms with E-state index in [2.05, 4.69) is 5.32 Å². The number of nitrogens with one attached hydrogen (secondary N) is 1. The first kappa shape index (κ1) is 19.6. The van der Waals surface area contributed by atoms with Gasteiger partial charge in [-0.2, -0.15) is 0 Å². The number of rotatable bonds is 4. The topological polar surface area (TPSA) is 92.8 Å². The van der Waals surface area contributed by atoms with Gasteiger partial charge in [-0.05, 0) is 53.7 Å². The molecule has 0 aliphatic carbocycles. The second-order valence-electron chi connectivity index (χ2n) is 7.52. The second-order valence-corrected chi connectivity index (χ2v) is 7.52. The highest BCUT2D eigenvalue weighted by Gasteiger charge is 2.42. The third-order valence-corrected chi connectivity index (χ3v) is 3.96. The summed E-state index contributed by atoms with van der Waals surface area (Å²) in [6, 6.07) is 3.79. The molecule has 0 radical (unpaired) electrons. The summed E-state index contributed by atoms with van der Waals surface area (Å²) < 4.78 is 5.15. The lowest BCUT2D eigenvalue weighted by atomic mass is 10.1. The van der Waals surface area contributed by atoms with Gasteiger partial charge in [-0.3, -0.25) is 19.3 Å². The molecular weight excluding hydrogens is 336 g/mol. The Bertz CT molecular complexity index is 779. The van der Waals surface area contributed by atoms with Gasteiger partial charge in [-0.1, -0.05) is 11.6 Å². The van der Waals surface area contributed by atoms with Gasteiger partial charge in [0.25, 0.3) is 17.7 Å². The molecule has 0 bridgehead atoms. The number of aryl methyl sites for hydroxylation is 1. The van der Waals surface area contributed by atoms with Crippen LogP contribution < -0.4 is 5.32 Å². The Morgan fingerprint density at radius 3 is 2.23 bits per heavy atom. The molecule has 1 N–H and O–H groups in total. The van der Waals surface area contributed by atoms with Crippen LogP contribution in [0.5, 0.6) is 0 Å². The summed E-state index contributed by atoms with van der Waals surface area (Å²) >= 11 is 0. The Labute approximate surface area is 152 Å². The molecular formula is C19H24N2O5. The third-order valence-electron chi connectivity index (χ3n) is 3.96. The summed E-state index contributed by atoms with van der Waals surface area (Å²) in [6.07, 6.45) is -1.04. The largest absolute Gasteiger partial charge is 0.451 e. The van der Waals surface area contributed by atoms with E-state index < -0.39 is 41.4 Å². The fourth-order valence-electron chi connectivity index (χ4n) is 2.63. The molecule has 2 rings (SSSR count). The molecule has 0 aromatic heterocycles. The fraction of sp³-hybridized carbons (Fsp3) is 0.474. The molecule has 140 valence electrons. The van der Waals surface area contributed by atoms with Gasteiger partial charge >= 0.3 is 5.97 Å². The standard InChI is InChI=1S/C19H24N2O5/c1-10-7-8-13-14(9-10)17(24)21(16(13)23)11(2)18(25)26-12(3)15(22)20-19(4,5)6/h7-9,11-12H,1-6H3,(H,20,22). The smallest absolute Gasteiger partial charge is 0.329 e. The molecule has 0 saturated heterocycles.